The summed E-state index contributed by atoms with van der Waals surface area (Å²) in [6, 6.07) is 9.75. The number of carbonyl (C=O) groups is 2. The van der Waals surface area contributed by atoms with Crippen LogP contribution in [-0.2, 0) is 4.79 Å². The quantitative estimate of drug-likeness (QED) is 0.913. The molecule has 1 aromatic heterocycles. The van der Waals surface area contributed by atoms with Crippen LogP contribution in [0.25, 0.3) is 5.69 Å². The summed E-state index contributed by atoms with van der Waals surface area (Å²) in [7, 11) is 0. The number of hydrogen-bond acceptors (Lipinski definition) is 3. The minimum Gasteiger partial charge on any atom is -0.368 e. The van der Waals surface area contributed by atoms with E-state index in [-0.39, 0.29) is 18.5 Å². The summed E-state index contributed by atoms with van der Waals surface area (Å²) < 4.78 is 1.74. The molecule has 0 spiro atoms. The molecule has 24 heavy (non-hydrogen) atoms. The lowest BCUT2D eigenvalue weighted by Gasteiger charge is -2.27. The van der Waals surface area contributed by atoms with E-state index in [0.29, 0.717) is 5.56 Å². The molecule has 0 radical (unpaired) electrons. The molecule has 2 N–H and O–H groups in total. The molecule has 6 heteroatoms. The first-order valence-corrected chi connectivity index (χ1v) is 8.27. The molecule has 6 nitrogen and oxygen atoms in total. The van der Waals surface area contributed by atoms with Crippen LogP contribution in [0.3, 0.4) is 0 Å². The van der Waals surface area contributed by atoms with E-state index >= 15 is 0 Å². The van der Waals surface area contributed by atoms with Crippen molar-refractivity contribution in [3.63, 3.8) is 0 Å². The second-order valence-electron chi connectivity index (χ2n) is 6.23. The predicted molar refractivity (Wildman–Crippen MR) is 90.8 cm³/mol. The number of benzene rings is 1. The largest absolute Gasteiger partial charge is 0.368 e. The zero-order chi connectivity index (χ0) is 17.1. The van der Waals surface area contributed by atoms with Gasteiger partial charge in [0.15, 0.2) is 0 Å². The van der Waals surface area contributed by atoms with E-state index < -0.39 is 5.91 Å². The summed E-state index contributed by atoms with van der Waals surface area (Å²) >= 11 is 0. The molecule has 1 aromatic carbocycles. The third kappa shape index (κ3) is 3.18. The van der Waals surface area contributed by atoms with Crippen LogP contribution in [0.4, 0.5) is 0 Å². The number of rotatable bonds is 5. The molecule has 0 unspecified atom stereocenters. The Morgan fingerprint density at radius 1 is 1.25 bits per heavy atom. The molecule has 1 heterocycles. The maximum atomic E-state index is 13.0. The fourth-order valence-electron chi connectivity index (χ4n) is 3.35. The Kier molecular flexibility index (Phi) is 4.64. The molecule has 1 saturated carbocycles. The topological polar surface area (TPSA) is 81.2 Å². The van der Waals surface area contributed by atoms with Crippen molar-refractivity contribution in [3.05, 3.63) is 47.8 Å². The van der Waals surface area contributed by atoms with Gasteiger partial charge in [0.05, 0.1) is 29.7 Å². The maximum absolute atomic E-state index is 13.0. The second-order valence-corrected chi connectivity index (χ2v) is 6.23. The van der Waals surface area contributed by atoms with Crippen LogP contribution in [0.1, 0.15) is 41.7 Å². The van der Waals surface area contributed by atoms with Crippen molar-refractivity contribution in [3.8, 4) is 5.69 Å². The lowest BCUT2D eigenvalue weighted by Crippen LogP contribution is -2.44. The summed E-state index contributed by atoms with van der Waals surface area (Å²) in [5.41, 5.74) is 7.54. The van der Waals surface area contributed by atoms with Crippen molar-refractivity contribution in [1.29, 1.82) is 0 Å². The minimum absolute atomic E-state index is 0.0422. The smallest absolute Gasteiger partial charge is 0.258 e. The van der Waals surface area contributed by atoms with Gasteiger partial charge in [-0.1, -0.05) is 31.0 Å². The SMILES string of the molecule is Cc1c(C(=O)N(CC(N)=O)C2CCCC2)cnn1-c1ccccc1. The van der Waals surface area contributed by atoms with E-state index in [4.69, 9.17) is 5.73 Å². The first-order chi connectivity index (χ1) is 11.6. The van der Waals surface area contributed by atoms with Crippen LogP contribution in [0, 0.1) is 6.92 Å². The van der Waals surface area contributed by atoms with Gasteiger partial charge < -0.3 is 10.6 Å². The van der Waals surface area contributed by atoms with Crippen LogP contribution >= 0.6 is 0 Å². The first-order valence-electron chi connectivity index (χ1n) is 8.27. The van der Waals surface area contributed by atoms with Gasteiger partial charge >= 0.3 is 0 Å². The number of aromatic nitrogens is 2. The summed E-state index contributed by atoms with van der Waals surface area (Å²) in [6.45, 7) is 1.82. The zero-order valence-corrected chi connectivity index (χ0v) is 13.8. The molecule has 0 atom stereocenters. The Morgan fingerprint density at radius 2 is 1.92 bits per heavy atom. The van der Waals surface area contributed by atoms with Gasteiger partial charge in [-0.2, -0.15) is 5.10 Å². The lowest BCUT2D eigenvalue weighted by molar-refractivity contribution is -0.119. The Hall–Kier alpha value is -2.63. The first kappa shape index (κ1) is 16.2. The van der Waals surface area contributed by atoms with Crippen molar-refractivity contribution in [2.45, 2.75) is 38.6 Å². The van der Waals surface area contributed by atoms with Gasteiger partial charge in [-0.15, -0.1) is 0 Å². The Balaban J connectivity index is 1.90. The molecule has 2 aromatic rings. The molecule has 1 fully saturated rings. The lowest BCUT2D eigenvalue weighted by atomic mass is 10.1. The van der Waals surface area contributed by atoms with Crippen LogP contribution in [0.15, 0.2) is 36.5 Å². The third-order valence-corrected chi connectivity index (χ3v) is 4.59. The Bertz CT molecular complexity index is 733. The Morgan fingerprint density at radius 3 is 2.54 bits per heavy atom. The van der Waals surface area contributed by atoms with Crippen molar-refractivity contribution in [2.75, 3.05) is 6.54 Å². The van der Waals surface area contributed by atoms with E-state index in [2.05, 4.69) is 5.10 Å². The number of primary amides is 1. The van der Waals surface area contributed by atoms with E-state index in [0.717, 1.165) is 37.1 Å². The third-order valence-electron chi connectivity index (χ3n) is 4.59. The highest BCUT2D eigenvalue weighted by Gasteiger charge is 2.30. The van der Waals surface area contributed by atoms with E-state index in [1.807, 2.05) is 37.3 Å². The van der Waals surface area contributed by atoms with Gasteiger partial charge in [0, 0.05) is 6.04 Å². The minimum atomic E-state index is -0.483. The highest BCUT2D eigenvalue weighted by molar-refractivity contribution is 5.97. The summed E-state index contributed by atoms with van der Waals surface area (Å²) in [5.74, 6) is -0.649. The predicted octanol–water partition coefficient (Wildman–Crippen LogP) is 2.05. The fourth-order valence-corrected chi connectivity index (χ4v) is 3.35. The number of nitrogens with two attached hydrogens (primary N) is 1. The van der Waals surface area contributed by atoms with Gasteiger partial charge in [0.1, 0.15) is 0 Å². The van der Waals surface area contributed by atoms with E-state index in [1.54, 1.807) is 15.8 Å². The molecule has 126 valence electrons. The van der Waals surface area contributed by atoms with Gasteiger partial charge in [0.2, 0.25) is 5.91 Å². The highest BCUT2D eigenvalue weighted by atomic mass is 16.2. The van der Waals surface area contributed by atoms with Crippen LogP contribution in [-0.4, -0.2) is 39.1 Å². The maximum Gasteiger partial charge on any atom is 0.258 e. The molecule has 2 amide bonds. The van der Waals surface area contributed by atoms with Crippen LogP contribution < -0.4 is 5.73 Å². The van der Waals surface area contributed by atoms with Crippen LogP contribution in [0.2, 0.25) is 0 Å². The zero-order valence-electron chi connectivity index (χ0n) is 13.8. The van der Waals surface area contributed by atoms with Crippen molar-refractivity contribution in [2.24, 2.45) is 5.73 Å². The monoisotopic (exact) mass is 326 g/mol. The average Bonchev–Trinajstić information content (AvgIpc) is 3.22. The van der Waals surface area contributed by atoms with E-state index in [9.17, 15) is 9.59 Å². The number of hydrogen-bond donors (Lipinski definition) is 1. The van der Waals surface area contributed by atoms with Gasteiger partial charge in [0.25, 0.3) is 5.91 Å². The molecule has 1 aliphatic rings. The van der Waals surface area contributed by atoms with Gasteiger partial charge in [-0.05, 0) is 31.9 Å². The van der Waals surface area contributed by atoms with Crippen molar-refractivity contribution >= 4 is 11.8 Å². The normalized spacial score (nSPS) is 14.7. The van der Waals surface area contributed by atoms with E-state index in [1.165, 1.54) is 0 Å². The molecule has 0 aliphatic heterocycles. The summed E-state index contributed by atoms with van der Waals surface area (Å²) in [6.07, 6.45) is 5.58. The molecule has 3 rings (SSSR count). The number of para-hydroxylation sites is 1. The molecule has 1 aliphatic carbocycles. The summed E-state index contributed by atoms with van der Waals surface area (Å²) in [4.78, 5) is 26.0. The van der Waals surface area contributed by atoms with Crippen LogP contribution in [0.5, 0.6) is 0 Å². The molecule has 0 bridgehead atoms. The molecular formula is C18H22N4O2. The summed E-state index contributed by atoms with van der Waals surface area (Å²) in [5, 5.41) is 4.35. The van der Waals surface area contributed by atoms with Gasteiger partial charge in [-0.25, -0.2) is 4.68 Å². The highest BCUT2D eigenvalue weighted by Crippen LogP contribution is 2.25. The average molecular weight is 326 g/mol. The number of amides is 2. The standard InChI is InChI=1S/C18H22N4O2/c1-13-16(11-20-22(13)15-9-3-2-4-10-15)18(24)21(12-17(19)23)14-7-5-6-8-14/h2-4,9-11,14H,5-8,12H2,1H3,(H2,19,23). The second kappa shape index (κ2) is 6.86. The van der Waals surface area contributed by atoms with Crippen molar-refractivity contribution in [1.82, 2.24) is 14.7 Å². The van der Waals surface area contributed by atoms with Crippen molar-refractivity contribution < 1.29 is 9.59 Å². The number of nitrogens with zero attached hydrogens (tertiary/aromatic N) is 3. The molecule has 0 saturated heterocycles. The number of carbonyl (C=O) groups excluding carboxylic acids is 2. The Labute approximate surface area is 141 Å². The molecular weight excluding hydrogens is 304 g/mol. The fraction of sp³-hybridized carbons (Fsp3) is 0.389. The van der Waals surface area contributed by atoms with Gasteiger partial charge in [-0.3, -0.25) is 9.59 Å².